The molecule has 0 fully saturated rings. The van der Waals surface area contributed by atoms with Gasteiger partial charge in [-0.2, -0.15) is 0 Å². The van der Waals surface area contributed by atoms with Gasteiger partial charge in [0.05, 0.1) is 5.01 Å². The number of carbonyl (C=O) groups is 2. The average molecular weight is 270 g/mol. The zero-order chi connectivity index (χ0) is 13.7. The van der Waals surface area contributed by atoms with Crippen molar-refractivity contribution in [1.82, 2.24) is 10.3 Å². The molecule has 18 heavy (non-hydrogen) atoms. The van der Waals surface area contributed by atoms with Gasteiger partial charge in [-0.05, 0) is 5.92 Å². The molecule has 5 nitrogen and oxygen atoms in total. The lowest BCUT2D eigenvalue weighted by atomic mass is 10.1. The van der Waals surface area contributed by atoms with Crippen molar-refractivity contribution in [3.63, 3.8) is 0 Å². The Morgan fingerprint density at radius 1 is 1.44 bits per heavy atom. The molecule has 100 valence electrons. The van der Waals surface area contributed by atoms with Crippen molar-refractivity contribution in [2.45, 2.75) is 33.1 Å². The zero-order valence-corrected chi connectivity index (χ0v) is 11.6. The van der Waals surface area contributed by atoms with Crippen LogP contribution in [0.5, 0.6) is 0 Å². The minimum Gasteiger partial charge on any atom is -0.481 e. The first kappa shape index (κ1) is 14.6. The highest BCUT2D eigenvalue weighted by atomic mass is 32.1. The summed E-state index contributed by atoms with van der Waals surface area (Å²) in [6.07, 6.45) is 0.0502. The fourth-order valence-corrected chi connectivity index (χ4v) is 2.20. The Morgan fingerprint density at radius 3 is 2.61 bits per heavy atom. The second-order valence-corrected chi connectivity index (χ2v) is 5.53. The quantitative estimate of drug-likeness (QED) is 0.829. The fraction of sp³-hybridized carbons (Fsp3) is 0.583. The summed E-state index contributed by atoms with van der Waals surface area (Å²) >= 11 is 1.46. The number of amides is 1. The molecule has 1 rings (SSSR count). The Balaban J connectivity index is 2.47. The fourth-order valence-electron chi connectivity index (χ4n) is 1.38. The average Bonchev–Trinajstić information content (AvgIpc) is 2.74. The van der Waals surface area contributed by atoms with Crippen molar-refractivity contribution >= 4 is 23.2 Å². The number of aromatic nitrogens is 1. The highest BCUT2D eigenvalue weighted by molar-refractivity contribution is 7.09. The Labute approximate surface area is 110 Å². The molecule has 6 heteroatoms. The number of carbonyl (C=O) groups excluding carboxylic acids is 1. The predicted molar refractivity (Wildman–Crippen MR) is 70.0 cm³/mol. The molecule has 1 atom stereocenters. The summed E-state index contributed by atoms with van der Waals surface area (Å²) in [5, 5.41) is 14.0. The van der Waals surface area contributed by atoms with Gasteiger partial charge in [0.25, 0.3) is 5.91 Å². The first-order valence-corrected chi connectivity index (χ1v) is 6.73. The van der Waals surface area contributed by atoms with E-state index in [-0.39, 0.29) is 18.2 Å². The molecule has 0 saturated carbocycles. The van der Waals surface area contributed by atoms with Crippen LogP contribution in [0, 0.1) is 5.92 Å². The van der Waals surface area contributed by atoms with E-state index >= 15 is 0 Å². The Kier molecular flexibility index (Phi) is 5.27. The van der Waals surface area contributed by atoms with Gasteiger partial charge in [-0.3, -0.25) is 9.59 Å². The largest absolute Gasteiger partial charge is 0.481 e. The number of rotatable bonds is 6. The lowest BCUT2D eigenvalue weighted by Gasteiger charge is -2.09. The van der Waals surface area contributed by atoms with E-state index in [2.05, 4.69) is 10.3 Å². The number of nitrogens with zero attached hydrogens (tertiary/aromatic N) is 1. The lowest BCUT2D eigenvalue weighted by Crippen LogP contribution is -2.29. The number of carboxylic acid groups (broad SMARTS) is 1. The standard InChI is InChI=1S/C12H18N2O3S/c1-7(2)12-14-9(6-18-12)11(17)13-5-8(3)4-10(15)16/h6-8H,4-5H2,1-3H3,(H,13,17)(H,15,16). The van der Waals surface area contributed by atoms with Crippen molar-refractivity contribution < 1.29 is 14.7 Å². The van der Waals surface area contributed by atoms with Crippen LogP contribution < -0.4 is 5.32 Å². The van der Waals surface area contributed by atoms with Gasteiger partial charge < -0.3 is 10.4 Å². The normalized spacial score (nSPS) is 12.4. The minimum atomic E-state index is -0.854. The molecule has 0 aliphatic rings. The van der Waals surface area contributed by atoms with E-state index < -0.39 is 5.97 Å². The number of carboxylic acids is 1. The monoisotopic (exact) mass is 270 g/mol. The molecule has 1 amide bonds. The van der Waals surface area contributed by atoms with Crippen LogP contribution in [0.3, 0.4) is 0 Å². The van der Waals surface area contributed by atoms with E-state index in [9.17, 15) is 9.59 Å². The number of thiazole rings is 1. The molecular weight excluding hydrogens is 252 g/mol. The van der Waals surface area contributed by atoms with Crippen LogP contribution in [-0.4, -0.2) is 28.5 Å². The van der Waals surface area contributed by atoms with Crippen molar-refractivity contribution in [2.75, 3.05) is 6.54 Å². The second-order valence-electron chi connectivity index (χ2n) is 4.64. The van der Waals surface area contributed by atoms with Gasteiger partial charge >= 0.3 is 5.97 Å². The van der Waals surface area contributed by atoms with Crippen LogP contribution in [0.15, 0.2) is 5.38 Å². The molecule has 0 spiro atoms. The maximum absolute atomic E-state index is 11.8. The molecule has 1 aromatic heterocycles. The van der Waals surface area contributed by atoms with Gasteiger partial charge in [0.2, 0.25) is 0 Å². The topological polar surface area (TPSA) is 79.3 Å². The van der Waals surface area contributed by atoms with E-state index in [0.717, 1.165) is 5.01 Å². The third-order valence-electron chi connectivity index (χ3n) is 2.38. The van der Waals surface area contributed by atoms with Gasteiger partial charge in [0.1, 0.15) is 5.69 Å². The maximum atomic E-state index is 11.8. The van der Waals surface area contributed by atoms with Crippen molar-refractivity contribution in [1.29, 1.82) is 0 Å². The van der Waals surface area contributed by atoms with Gasteiger partial charge in [0.15, 0.2) is 0 Å². The molecule has 2 N–H and O–H groups in total. The van der Waals surface area contributed by atoms with Gasteiger partial charge in [-0.15, -0.1) is 11.3 Å². The number of nitrogens with one attached hydrogen (secondary N) is 1. The van der Waals surface area contributed by atoms with E-state index in [1.807, 2.05) is 13.8 Å². The molecule has 0 aromatic carbocycles. The van der Waals surface area contributed by atoms with Crippen molar-refractivity contribution in [3.05, 3.63) is 16.1 Å². The first-order chi connectivity index (χ1) is 8.40. The zero-order valence-electron chi connectivity index (χ0n) is 10.8. The van der Waals surface area contributed by atoms with Crippen LogP contribution in [0.4, 0.5) is 0 Å². The predicted octanol–water partition coefficient (Wildman–Crippen LogP) is 2.11. The van der Waals surface area contributed by atoms with E-state index in [1.54, 1.807) is 12.3 Å². The van der Waals surface area contributed by atoms with Crippen LogP contribution in [0.2, 0.25) is 0 Å². The minimum absolute atomic E-state index is 0.0502. The molecule has 1 heterocycles. The summed E-state index contributed by atoms with van der Waals surface area (Å²) in [5.74, 6) is -0.875. The summed E-state index contributed by atoms with van der Waals surface area (Å²) in [6.45, 7) is 6.18. The number of hydrogen-bond donors (Lipinski definition) is 2. The number of aliphatic carboxylic acids is 1. The molecule has 1 unspecified atom stereocenters. The smallest absolute Gasteiger partial charge is 0.303 e. The second kappa shape index (κ2) is 6.49. The van der Waals surface area contributed by atoms with Gasteiger partial charge in [0, 0.05) is 24.3 Å². The summed E-state index contributed by atoms with van der Waals surface area (Å²) in [4.78, 5) is 26.5. The highest BCUT2D eigenvalue weighted by Gasteiger charge is 2.14. The Morgan fingerprint density at radius 2 is 2.11 bits per heavy atom. The summed E-state index contributed by atoms with van der Waals surface area (Å²) < 4.78 is 0. The van der Waals surface area contributed by atoms with Crippen molar-refractivity contribution in [2.24, 2.45) is 5.92 Å². The number of hydrogen-bond acceptors (Lipinski definition) is 4. The lowest BCUT2D eigenvalue weighted by molar-refractivity contribution is -0.137. The van der Waals surface area contributed by atoms with Crippen LogP contribution in [0.25, 0.3) is 0 Å². The molecular formula is C12H18N2O3S. The van der Waals surface area contributed by atoms with Gasteiger partial charge in [-0.1, -0.05) is 20.8 Å². The van der Waals surface area contributed by atoms with E-state index in [1.165, 1.54) is 11.3 Å². The van der Waals surface area contributed by atoms with Gasteiger partial charge in [-0.25, -0.2) is 4.98 Å². The molecule has 0 aliphatic heterocycles. The third kappa shape index (κ3) is 4.44. The molecule has 0 aliphatic carbocycles. The van der Waals surface area contributed by atoms with Crippen LogP contribution in [-0.2, 0) is 4.79 Å². The van der Waals surface area contributed by atoms with E-state index in [0.29, 0.717) is 18.2 Å². The Hall–Kier alpha value is -1.43. The van der Waals surface area contributed by atoms with E-state index in [4.69, 9.17) is 5.11 Å². The molecule has 0 radical (unpaired) electrons. The molecule has 0 bridgehead atoms. The highest BCUT2D eigenvalue weighted by Crippen LogP contribution is 2.19. The van der Waals surface area contributed by atoms with Crippen LogP contribution in [0.1, 0.15) is 48.6 Å². The maximum Gasteiger partial charge on any atom is 0.303 e. The third-order valence-corrected chi connectivity index (χ3v) is 3.53. The van der Waals surface area contributed by atoms with Crippen LogP contribution >= 0.6 is 11.3 Å². The summed E-state index contributed by atoms with van der Waals surface area (Å²) in [6, 6.07) is 0. The van der Waals surface area contributed by atoms with Crippen molar-refractivity contribution in [3.8, 4) is 0 Å². The molecule has 0 saturated heterocycles. The summed E-state index contributed by atoms with van der Waals surface area (Å²) in [7, 11) is 0. The molecule has 1 aromatic rings. The first-order valence-electron chi connectivity index (χ1n) is 5.85. The SMILES string of the molecule is CC(CNC(=O)c1csc(C(C)C)n1)CC(=O)O. The summed E-state index contributed by atoms with van der Waals surface area (Å²) in [5.41, 5.74) is 0.409. The Bertz CT molecular complexity index is 429.